The molecule has 0 aliphatic carbocycles. The summed E-state index contributed by atoms with van der Waals surface area (Å²) in [6, 6.07) is 0. The molecule has 0 amide bonds. The first-order valence-electron chi connectivity index (χ1n) is 1.79. The summed E-state index contributed by atoms with van der Waals surface area (Å²) in [5, 5.41) is 16.8. The highest BCUT2D eigenvalue weighted by molar-refractivity contribution is 8.69. The van der Waals surface area contributed by atoms with Gasteiger partial charge in [0.05, 0.1) is 0 Å². The lowest BCUT2D eigenvalue weighted by molar-refractivity contribution is -0.148. The third kappa shape index (κ3) is 1.94. The number of hydrogen-bond donors (Lipinski definition) is 3. The second-order valence-electron chi connectivity index (χ2n) is 1.38. The highest BCUT2D eigenvalue weighted by Crippen LogP contribution is 2.24. The van der Waals surface area contributed by atoms with Gasteiger partial charge in [-0.25, -0.2) is 4.79 Å². The second kappa shape index (κ2) is 2.61. The van der Waals surface area contributed by atoms with Crippen molar-refractivity contribution >= 4 is 28.4 Å². The van der Waals surface area contributed by atoms with Gasteiger partial charge in [0.25, 0.3) is 0 Å². The molecule has 1 atom stereocenters. The lowest BCUT2D eigenvalue weighted by Gasteiger charge is -2.11. The molecule has 8 heavy (non-hydrogen) atoms. The lowest BCUT2D eigenvalue weighted by atomic mass is 10.4. The van der Waals surface area contributed by atoms with Crippen molar-refractivity contribution in [1.82, 2.24) is 0 Å². The summed E-state index contributed by atoms with van der Waals surface area (Å²) in [7, 11) is 0.586. The van der Waals surface area contributed by atoms with E-state index in [4.69, 9.17) is 10.2 Å². The van der Waals surface area contributed by atoms with Crippen LogP contribution in [0.4, 0.5) is 0 Å². The zero-order valence-corrected chi connectivity index (χ0v) is 5.87. The van der Waals surface area contributed by atoms with Crippen LogP contribution in [0.25, 0.3) is 0 Å². The van der Waals surface area contributed by atoms with Crippen LogP contribution >= 0.6 is 22.5 Å². The van der Waals surface area contributed by atoms with Gasteiger partial charge < -0.3 is 10.2 Å². The molecule has 0 saturated heterocycles. The second-order valence-corrected chi connectivity index (χ2v) is 2.90. The molecule has 48 valence electrons. The first-order valence-corrected chi connectivity index (χ1v) is 3.66. The maximum atomic E-state index is 9.93. The molecule has 0 aromatic heterocycles. The van der Waals surface area contributed by atoms with Gasteiger partial charge in [-0.1, -0.05) is 10.8 Å². The molecule has 0 aliphatic rings. The molecule has 1 unspecified atom stereocenters. The topological polar surface area (TPSA) is 57.5 Å². The van der Waals surface area contributed by atoms with Gasteiger partial charge in [0, 0.05) is 0 Å². The Morgan fingerprint density at radius 1 is 1.88 bits per heavy atom. The predicted octanol–water partition coefficient (Wildman–Crippen LogP) is 0.357. The van der Waals surface area contributed by atoms with Crippen LogP contribution in [0, 0.1) is 0 Å². The van der Waals surface area contributed by atoms with Gasteiger partial charge in [0.1, 0.15) is 0 Å². The van der Waals surface area contributed by atoms with Gasteiger partial charge in [-0.3, -0.25) is 0 Å². The van der Waals surface area contributed by atoms with E-state index in [1.54, 1.807) is 0 Å². The monoisotopic (exact) mass is 154 g/mol. The smallest absolute Gasteiger partial charge is 0.347 e. The zero-order valence-electron chi connectivity index (χ0n) is 4.16. The SMILES string of the molecule is CC(O)(SS)C(=O)O. The highest BCUT2D eigenvalue weighted by atomic mass is 33.1. The largest absolute Gasteiger partial charge is 0.478 e. The minimum Gasteiger partial charge on any atom is -0.478 e. The maximum absolute atomic E-state index is 9.93. The predicted molar refractivity (Wildman–Crippen MR) is 34.8 cm³/mol. The van der Waals surface area contributed by atoms with Gasteiger partial charge in [-0.2, -0.15) is 0 Å². The van der Waals surface area contributed by atoms with E-state index < -0.39 is 10.9 Å². The number of hydrogen-bond acceptors (Lipinski definition) is 4. The van der Waals surface area contributed by atoms with Crippen molar-refractivity contribution in [2.45, 2.75) is 11.9 Å². The fourth-order valence-electron chi connectivity index (χ4n) is 0.0390. The molecule has 0 heterocycles. The van der Waals surface area contributed by atoms with Crippen LogP contribution in [0.5, 0.6) is 0 Å². The Bertz CT molecular complexity index is 101. The van der Waals surface area contributed by atoms with Crippen LogP contribution in [-0.4, -0.2) is 21.1 Å². The Balaban J connectivity index is 3.91. The fourth-order valence-corrected chi connectivity index (χ4v) is 0.351. The van der Waals surface area contributed by atoms with E-state index in [1.807, 2.05) is 0 Å². The third-order valence-corrected chi connectivity index (χ3v) is 2.17. The van der Waals surface area contributed by atoms with Crippen molar-refractivity contribution in [3.05, 3.63) is 0 Å². The van der Waals surface area contributed by atoms with Crippen LogP contribution in [0.2, 0.25) is 0 Å². The average molecular weight is 154 g/mol. The van der Waals surface area contributed by atoms with Crippen molar-refractivity contribution in [1.29, 1.82) is 0 Å². The molecular weight excluding hydrogens is 148 g/mol. The summed E-state index contributed by atoms with van der Waals surface area (Å²) in [6.07, 6.45) is 0. The van der Waals surface area contributed by atoms with Gasteiger partial charge in [-0.05, 0) is 6.92 Å². The molecule has 3 nitrogen and oxygen atoms in total. The summed E-state index contributed by atoms with van der Waals surface area (Å²) in [5.41, 5.74) is 0. The number of rotatable bonds is 2. The van der Waals surface area contributed by atoms with Crippen LogP contribution in [0.15, 0.2) is 0 Å². The van der Waals surface area contributed by atoms with Gasteiger partial charge in [0.2, 0.25) is 4.93 Å². The summed E-state index contributed by atoms with van der Waals surface area (Å²) < 4.78 is 0. The van der Waals surface area contributed by atoms with E-state index >= 15 is 0 Å². The van der Waals surface area contributed by atoms with Crippen molar-refractivity contribution in [3.63, 3.8) is 0 Å². The van der Waals surface area contributed by atoms with Crippen molar-refractivity contribution in [2.75, 3.05) is 0 Å². The number of aliphatic hydroxyl groups is 1. The Morgan fingerprint density at radius 2 is 2.25 bits per heavy atom. The van der Waals surface area contributed by atoms with Gasteiger partial charge >= 0.3 is 5.97 Å². The minimum absolute atomic E-state index is 0.586. The third-order valence-electron chi connectivity index (χ3n) is 0.575. The van der Waals surface area contributed by atoms with Crippen LogP contribution < -0.4 is 0 Å². The Morgan fingerprint density at radius 3 is 2.25 bits per heavy atom. The molecule has 0 spiro atoms. The maximum Gasteiger partial charge on any atom is 0.347 e. The molecule has 0 aromatic carbocycles. The fraction of sp³-hybridized carbons (Fsp3) is 0.667. The quantitative estimate of drug-likeness (QED) is 0.305. The molecule has 0 rings (SSSR count). The Hall–Kier alpha value is 0.130. The number of carbonyl (C=O) groups is 1. The zero-order chi connectivity index (χ0) is 6.78. The van der Waals surface area contributed by atoms with Crippen molar-refractivity contribution in [2.24, 2.45) is 0 Å². The molecular formula is C3H6O3S2. The number of aliphatic carboxylic acids is 1. The number of thiol groups is 1. The van der Waals surface area contributed by atoms with E-state index in [-0.39, 0.29) is 0 Å². The van der Waals surface area contributed by atoms with Crippen molar-refractivity contribution < 1.29 is 15.0 Å². The summed E-state index contributed by atoms with van der Waals surface area (Å²) in [5.74, 6) is -1.28. The first-order chi connectivity index (χ1) is 3.50. The molecule has 2 N–H and O–H groups in total. The van der Waals surface area contributed by atoms with E-state index in [2.05, 4.69) is 11.7 Å². The van der Waals surface area contributed by atoms with E-state index in [0.717, 1.165) is 6.92 Å². The molecule has 0 fully saturated rings. The average Bonchev–Trinajstić information content (AvgIpc) is 1.67. The molecule has 5 heteroatoms. The number of carboxylic acids is 1. The standard InChI is InChI=1S/C3H6O3S2/c1-3(6,8-7)2(4)5/h6-7H,1H3,(H,4,5). The molecule has 0 aliphatic heterocycles. The minimum atomic E-state index is -1.76. The van der Waals surface area contributed by atoms with Crippen LogP contribution in [0.3, 0.4) is 0 Å². The normalized spacial score (nSPS) is 17.4. The molecule has 0 radical (unpaired) electrons. The Kier molecular flexibility index (Phi) is 2.65. The van der Waals surface area contributed by atoms with Crippen LogP contribution in [-0.2, 0) is 4.79 Å². The molecule has 0 saturated carbocycles. The lowest BCUT2D eigenvalue weighted by Crippen LogP contribution is -2.29. The van der Waals surface area contributed by atoms with Crippen LogP contribution in [0.1, 0.15) is 6.92 Å². The molecule has 0 aromatic rings. The van der Waals surface area contributed by atoms with E-state index in [9.17, 15) is 4.79 Å². The number of carboxylic acid groups (broad SMARTS) is 1. The summed E-state index contributed by atoms with van der Waals surface area (Å²) >= 11 is 3.53. The summed E-state index contributed by atoms with van der Waals surface area (Å²) in [4.78, 5) is 8.17. The summed E-state index contributed by atoms with van der Waals surface area (Å²) in [6.45, 7) is 1.16. The highest BCUT2D eigenvalue weighted by Gasteiger charge is 2.28. The van der Waals surface area contributed by atoms with Gasteiger partial charge in [0.15, 0.2) is 0 Å². The van der Waals surface area contributed by atoms with E-state index in [0.29, 0.717) is 10.8 Å². The first kappa shape index (κ1) is 8.13. The molecule has 0 bridgehead atoms. The van der Waals surface area contributed by atoms with E-state index in [1.165, 1.54) is 0 Å². The Labute approximate surface area is 55.9 Å². The van der Waals surface area contributed by atoms with Crippen molar-refractivity contribution in [3.8, 4) is 0 Å². The van der Waals surface area contributed by atoms with Gasteiger partial charge in [-0.15, -0.1) is 11.7 Å².